The number of carboxylic acid groups (broad SMARTS) is 1. The number of carbonyl (C=O) groups excluding carboxylic acids is 1. The Morgan fingerprint density at radius 3 is 2.41 bits per heavy atom. The normalized spacial score (nSPS) is 10.6. The van der Waals surface area contributed by atoms with E-state index < -0.39 is 18.5 Å². The van der Waals surface area contributed by atoms with Gasteiger partial charge in [-0.25, -0.2) is 10.2 Å². The minimum Gasteiger partial charge on any atom is -0.493 e. The molecule has 0 bridgehead atoms. The van der Waals surface area contributed by atoms with Gasteiger partial charge in [-0.15, -0.1) is 0 Å². The predicted molar refractivity (Wildman–Crippen MR) is 114 cm³/mol. The molecule has 10 heteroatoms. The van der Waals surface area contributed by atoms with E-state index in [4.69, 9.17) is 19.3 Å². The highest BCUT2D eigenvalue weighted by Gasteiger charge is 2.12. The molecule has 8 nitrogen and oxygen atoms in total. The zero-order chi connectivity index (χ0) is 21.4. The molecule has 0 fully saturated rings. The first-order chi connectivity index (χ1) is 13.8. The van der Waals surface area contributed by atoms with E-state index in [-0.39, 0.29) is 0 Å². The molecule has 29 heavy (non-hydrogen) atoms. The number of carboxylic acids is 1. The minimum absolute atomic E-state index is 0.357. The number of nitrogens with zero attached hydrogens (tertiary/aromatic N) is 1. The molecule has 0 aliphatic carbocycles. The summed E-state index contributed by atoms with van der Waals surface area (Å²) in [5.74, 6) is -0.136. The van der Waals surface area contributed by atoms with Crippen molar-refractivity contribution in [1.29, 1.82) is 0 Å². The van der Waals surface area contributed by atoms with Gasteiger partial charge in [0.2, 0.25) is 0 Å². The van der Waals surface area contributed by atoms with E-state index in [1.807, 2.05) is 6.92 Å². The molecule has 0 aliphatic heterocycles. The Morgan fingerprint density at radius 1 is 1.14 bits per heavy atom. The molecule has 2 aromatic carbocycles. The quantitative estimate of drug-likeness (QED) is 0.377. The van der Waals surface area contributed by atoms with Gasteiger partial charge in [-0.1, -0.05) is 0 Å². The lowest BCUT2D eigenvalue weighted by atomic mass is 10.2. The molecule has 154 valence electrons. The summed E-state index contributed by atoms with van der Waals surface area (Å²) in [6.07, 6.45) is 1.44. The highest BCUT2D eigenvalue weighted by molar-refractivity contribution is 9.11. The molecule has 2 rings (SSSR count). The number of carbonyl (C=O) groups is 2. The third kappa shape index (κ3) is 6.47. The van der Waals surface area contributed by atoms with Gasteiger partial charge in [0.25, 0.3) is 5.91 Å². The van der Waals surface area contributed by atoms with Gasteiger partial charge >= 0.3 is 5.97 Å². The number of rotatable bonds is 9. The van der Waals surface area contributed by atoms with Crippen LogP contribution in [0.25, 0.3) is 0 Å². The van der Waals surface area contributed by atoms with Crippen molar-refractivity contribution in [3.05, 3.63) is 50.4 Å². The Labute approximate surface area is 184 Å². The minimum atomic E-state index is -1.08. The number of hydrogen-bond donors (Lipinski definition) is 2. The number of methoxy groups -OCH3 is 1. The summed E-state index contributed by atoms with van der Waals surface area (Å²) >= 11 is 6.64. The first kappa shape index (κ1) is 22.7. The van der Waals surface area contributed by atoms with Crippen LogP contribution >= 0.6 is 31.9 Å². The molecule has 0 radical (unpaired) electrons. The van der Waals surface area contributed by atoms with E-state index in [1.165, 1.54) is 13.3 Å². The largest absolute Gasteiger partial charge is 0.493 e. The molecule has 2 N–H and O–H groups in total. The summed E-state index contributed by atoms with van der Waals surface area (Å²) < 4.78 is 16.9. The van der Waals surface area contributed by atoms with Gasteiger partial charge in [-0.3, -0.25) is 4.79 Å². The average Bonchev–Trinajstić information content (AvgIpc) is 2.67. The van der Waals surface area contributed by atoms with E-state index in [2.05, 4.69) is 42.4 Å². The Balaban J connectivity index is 2.07. The summed E-state index contributed by atoms with van der Waals surface area (Å²) in [4.78, 5) is 22.9. The molecule has 2 aromatic rings. The topological polar surface area (TPSA) is 106 Å². The maximum atomic E-state index is 12.3. The van der Waals surface area contributed by atoms with Gasteiger partial charge < -0.3 is 19.3 Å². The summed E-state index contributed by atoms with van der Waals surface area (Å²) in [5, 5.41) is 12.7. The first-order valence-electron chi connectivity index (χ1n) is 8.33. The summed E-state index contributed by atoms with van der Waals surface area (Å²) in [6.45, 7) is 1.87. The number of nitrogens with one attached hydrogen (secondary N) is 1. The zero-order valence-corrected chi connectivity index (χ0v) is 18.7. The lowest BCUT2D eigenvalue weighted by Gasteiger charge is -2.10. The molecule has 0 aromatic heterocycles. The van der Waals surface area contributed by atoms with E-state index in [9.17, 15) is 9.59 Å². The first-order valence-corrected chi connectivity index (χ1v) is 9.92. The standard InChI is InChI=1S/C19H18Br2N2O6/c1-3-28-15-5-4-12(8-16(15)27-2)19(26)23-22-9-11-6-13(20)18(14(21)7-11)29-10-17(24)25/h4-9H,3,10H2,1-2H3,(H,23,26)(H,24,25)/b22-9+. The van der Waals surface area contributed by atoms with E-state index in [1.54, 1.807) is 30.3 Å². The average molecular weight is 530 g/mol. The fourth-order valence-corrected chi connectivity index (χ4v) is 3.69. The highest BCUT2D eigenvalue weighted by Crippen LogP contribution is 2.34. The van der Waals surface area contributed by atoms with Crippen molar-refractivity contribution in [2.75, 3.05) is 20.3 Å². The van der Waals surface area contributed by atoms with Crippen LogP contribution in [0, 0.1) is 0 Å². The zero-order valence-electron chi connectivity index (χ0n) is 15.6. The van der Waals surface area contributed by atoms with E-state index in [0.717, 1.165) is 0 Å². The van der Waals surface area contributed by atoms with Crippen molar-refractivity contribution in [2.24, 2.45) is 5.10 Å². The number of hydrogen-bond acceptors (Lipinski definition) is 6. The van der Waals surface area contributed by atoms with Crippen LogP contribution < -0.4 is 19.6 Å². The number of hydrazone groups is 1. The van der Waals surface area contributed by atoms with Crippen molar-refractivity contribution in [3.63, 3.8) is 0 Å². The molecule has 0 heterocycles. The van der Waals surface area contributed by atoms with Gasteiger partial charge in [0.1, 0.15) is 5.75 Å². The maximum Gasteiger partial charge on any atom is 0.341 e. The molecular weight excluding hydrogens is 512 g/mol. The molecule has 0 saturated carbocycles. The van der Waals surface area contributed by atoms with Crippen molar-refractivity contribution in [1.82, 2.24) is 5.43 Å². The number of amides is 1. The van der Waals surface area contributed by atoms with Crippen LogP contribution in [-0.2, 0) is 4.79 Å². The molecule has 1 amide bonds. The number of halogens is 2. The van der Waals surface area contributed by atoms with Crippen LogP contribution in [0.1, 0.15) is 22.8 Å². The Hall–Kier alpha value is -2.59. The number of ether oxygens (including phenoxy) is 3. The Bertz CT molecular complexity index is 910. The third-order valence-corrected chi connectivity index (χ3v) is 4.64. The molecular formula is C19H18Br2N2O6. The third-order valence-electron chi connectivity index (χ3n) is 3.47. The monoisotopic (exact) mass is 528 g/mol. The van der Waals surface area contributed by atoms with Gasteiger partial charge in [0, 0.05) is 5.56 Å². The van der Waals surface area contributed by atoms with Gasteiger partial charge in [0.05, 0.1) is 28.9 Å². The van der Waals surface area contributed by atoms with Crippen molar-refractivity contribution in [3.8, 4) is 17.2 Å². The second-order valence-corrected chi connectivity index (χ2v) is 7.20. The van der Waals surface area contributed by atoms with Gasteiger partial charge in [-0.2, -0.15) is 5.10 Å². The summed E-state index contributed by atoms with van der Waals surface area (Å²) in [7, 11) is 1.50. The maximum absolute atomic E-state index is 12.3. The van der Waals surface area contributed by atoms with Crippen LogP contribution in [0.4, 0.5) is 0 Å². The second-order valence-electron chi connectivity index (χ2n) is 5.49. The van der Waals surface area contributed by atoms with Crippen LogP contribution in [-0.4, -0.2) is 43.5 Å². The fourth-order valence-electron chi connectivity index (χ4n) is 2.24. The predicted octanol–water partition coefficient (Wildman–Crippen LogP) is 3.85. The molecule has 0 spiro atoms. The number of aliphatic carboxylic acids is 1. The SMILES string of the molecule is CCOc1ccc(C(=O)N/N=C/c2cc(Br)c(OCC(=O)O)c(Br)c2)cc1OC. The van der Waals surface area contributed by atoms with E-state index in [0.29, 0.717) is 43.9 Å². The van der Waals surface area contributed by atoms with Gasteiger partial charge in [-0.05, 0) is 74.7 Å². The Kier molecular flexibility index (Phi) is 8.47. The van der Waals surface area contributed by atoms with E-state index >= 15 is 0 Å². The molecule has 0 aliphatic rings. The van der Waals surface area contributed by atoms with Gasteiger partial charge in [0.15, 0.2) is 18.1 Å². The lowest BCUT2D eigenvalue weighted by molar-refractivity contribution is -0.139. The lowest BCUT2D eigenvalue weighted by Crippen LogP contribution is -2.17. The molecule has 0 atom stereocenters. The number of benzene rings is 2. The van der Waals surface area contributed by atoms with Crippen molar-refractivity contribution < 1.29 is 28.9 Å². The van der Waals surface area contributed by atoms with Crippen molar-refractivity contribution >= 4 is 50.0 Å². The smallest absolute Gasteiger partial charge is 0.341 e. The highest BCUT2D eigenvalue weighted by atomic mass is 79.9. The fraction of sp³-hybridized carbons (Fsp3) is 0.211. The summed E-state index contributed by atoms with van der Waals surface area (Å²) in [6, 6.07) is 8.19. The van der Waals surface area contributed by atoms with Crippen LogP contribution in [0.15, 0.2) is 44.4 Å². The Morgan fingerprint density at radius 2 is 1.83 bits per heavy atom. The molecule has 0 saturated heterocycles. The molecule has 0 unspecified atom stereocenters. The van der Waals surface area contributed by atoms with Crippen LogP contribution in [0.5, 0.6) is 17.2 Å². The summed E-state index contributed by atoms with van der Waals surface area (Å²) in [5.41, 5.74) is 3.45. The van der Waals surface area contributed by atoms with Crippen molar-refractivity contribution in [2.45, 2.75) is 6.92 Å². The van der Waals surface area contributed by atoms with Crippen LogP contribution in [0.2, 0.25) is 0 Å². The second kappa shape index (κ2) is 10.8. The van der Waals surface area contributed by atoms with Crippen LogP contribution in [0.3, 0.4) is 0 Å².